The monoisotopic (exact) mass is 233 g/mol. The number of carbonyl (C=O) groups excluding carboxylic acids is 1. The number of nitrogen functional groups attached to an aromatic ring is 1. The smallest absolute Gasteiger partial charge is 0.226 e. The summed E-state index contributed by atoms with van der Waals surface area (Å²) in [6.45, 7) is 2.12. The van der Waals surface area contributed by atoms with Gasteiger partial charge in [-0.15, -0.1) is 0 Å². The maximum Gasteiger partial charge on any atom is 0.226 e. The Morgan fingerprint density at radius 1 is 1.47 bits per heavy atom. The van der Waals surface area contributed by atoms with Gasteiger partial charge in [0.15, 0.2) is 0 Å². The van der Waals surface area contributed by atoms with E-state index in [1.165, 1.54) is 12.8 Å². The molecule has 92 valence electrons. The summed E-state index contributed by atoms with van der Waals surface area (Å²) >= 11 is 0. The second-order valence-electron chi connectivity index (χ2n) is 5.08. The molecule has 3 N–H and O–H groups in total. The van der Waals surface area contributed by atoms with Crippen LogP contribution in [0, 0.1) is 0 Å². The molecule has 0 bridgehead atoms. The molecule has 4 nitrogen and oxygen atoms in total. The molecule has 1 heterocycles. The van der Waals surface area contributed by atoms with Crippen LogP contribution in [0.3, 0.4) is 0 Å². The van der Waals surface area contributed by atoms with Crippen LogP contribution in [0.1, 0.15) is 38.3 Å². The fraction of sp³-hybridized carbons (Fsp3) is 0.538. The summed E-state index contributed by atoms with van der Waals surface area (Å²) in [6.07, 6.45) is 6.48. The number of pyridine rings is 1. The average Bonchev–Trinajstić information content (AvgIpc) is 2.68. The van der Waals surface area contributed by atoms with Gasteiger partial charge in [-0.25, -0.2) is 0 Å². The molecule has 0 aromatic carbocycles. The van der Waals surface area contributed by atoms with E-state index >= 15 is 0 Å². The Bertz CT molecular complexity index is 394. The summed E-state index contributed by atoms with van der Waals surface area (Å²) in [4.78, 5) is 16.0. The van der Waals surface area contributed by atoms with Crippen molar-refractivity contribution in [2.45, 2.75) is 44.6 Å². The highest BCUT2D eigenvalue weighted by Crippen LogP contribution is 2.28. The van der Waals surface area contributed by atoms with Crippen molar-refractivity contribution in [3.05, 3.63) is 24.0 Å². The molecule has 2 rings (SSSR count). The summed E-state index contributed by atoms with van der Waals surface area (Å²) < 4.78 is 0. The Morgan fingerprint density at radius 2 is 2.18 bits per heavy atom. The Morgan fingerprint density at radius 3 is 2.76 bits per heavy atom. The topological polar surface area (TPSA) is 68.0 Å². The maximum absolute atomic E-state index is 11.9. The molecule has 0 unspecified atom stereocenters. The number of nitrogens with two attached hydrogens (primary N) is 1. The molecule has 1 fully saturated rings. The standard InChI is InChI=1S/C13H19N3O/c1-13(6-2-3-7-13)16-12(17)8-11-5-4-10(14)9-15-11/h4-5,9H,2-3,6-8,14H2,1H3,(H,16,17). The molecule has 0 spiro atoms. The number of anilines is 1. The first-order valence-corrected chi connectivity index (χ1v) is 6.09. The zero-order chi connectivity index (χ0) is 12.3. The van der Waals surface area contributed by atoms with Crippen molar-refractivity contribution in [1.82, 2.24) is 10.3 Å². The molecule has 1 aromatic heterocycles. The molecule has 1 aliphatic carbocycles. The molecule has 0 atom stereocenters. The lowest BCUT2D eigenvalue weighted by Gasteiger charge is -2.25. The molecule has 0 radical (unpaired) electrons. The average molecular weight is 233 g/mol. The van der Waals surface area contributed by atoms with Gasteiger partial charge in [0.1, 0.15) is 0 Å². The maximum atomic E-state index is 11.9. The molecule has 0 aliphatic heterocycles. The van der Waals surface area contributed by atoms with Crippen LogP contribution in [0.2, 0.25) is 0 Å². The normalized spacial score (nSPS) is 17.9. The van der Waals surface area contributed by atoms with Gasteiger partial charge in [0, 0.05) is 11.2 Å². The molecular weight excluding hydrogens is 214 g/mol. The van der Waals surface area contributed by atoms with E-state index < -0.39 is 0 Å². The van der Waals surface area contributed by atoms with Crippen molar-refractivity contribution in [3.63, 3.8) is 0 Å². The summed E-state index contributed by atoms with van der Waals surface area (Å²) in [7, 11) is 0. The first-order chi connectivity index (χ1) is 8.07. The molecule has 17 heavy (non-hydrogen) atoms. The van der Waals surface area contributed by atoms with E-state index in [1.54, 1.807) is 18.3 Å². The van der Waals surface area contributed by atoms with Gasteiger partial charge in [0.25, 0.3) is 0 Å². The number of carbonyl (C=O) groups is 1. The number of hydrogen-bond donors (Lipinski definition) is 2. The van der Waals surface area contributed by atoms with Crippen LogP contribution < -0.4 is 11.1 Å². The predicted octanol–water partition coefficient (Wildman–Crippen LogP) is 1.66. The Labute approximate surface area is 102 Å². The van der Waals surface area contributed by atoms with Crippen molar-refractivity contribution in [1.29, 1.82) is 0 Å². The second-order valence-corrected chi connectivity index (χ2v) is 5.08. The summed E-state index contributed by atoms with van der Waals surface area (Å²) in [5, 5.41) is 3.11. The highest BCUT2D eigenvalue weighted by Gasteiger charge is 2.29. The third kappa shape index (κ3) is 3.19. The lowest BCUT2D eigenvalue weighted by molar-refractivity contribution is -0.122. The SMILES string of the molecule is CC1(NC(=O)Cc2ccc(N)cn2)CCCC1. The highest BCUT2D eigenvalue weighted by atomic mass is 16.1. The minimum Gasteiger partial charge on any atom is -0.397 e. The van der Waals surface area contributed by atoms with Gasteiger partial charge >= 0.3 is 0 Å². The first-order valence-electron chi connectivity index (χ1n) is 6.09. The van der Waals surface area contributed by atoms with Crippen molar-refractivity contribution in [2.24, 2.45) is 0 Å². The van der Waals surface area contributed by atoms with Crippen LogP contribution in [-0.4, -0.2) is 16.4 Å². The lowest BCUT2D eigenvalue weighted by Crippen LogP contribution is -2.44. The minimum absolute atomic E-state index is 0.00904. The minimum atomic E-state index is -0.00904. The summed E-state index contributed by atoms with van der Waals surface area (Å²) in [5.41, 5.74) is 6.92. The molecule has 1 aromatic rings. The number of nitrogens with one attached hydrogen (secondary N) is 1. The first kappa shape index (κ1) is 11.9. The lowest BCUT2D eigenvalue weighted by atomic mass is 10.0. The van der Waals surface area contributed by atoms with Crippen LogP contribution in [0.25, 0.3) is 0 Å². The van der Waals surface area contributed by atoms with Crippen LogP contribution in [0.5, 0.6) is 0 Å². The van der Waals surface area contributed by atoms with E-state index in [2.05, 4.69) is 17.2 Å². The van der Waals surface area contributed by atoms with Gasteiger partial charge in [-0.2, -0.15) is 0 Å². The van der Waals surface area contributed by atoms with Gasteiger partial charge in [-0.05, 0) is 31.9 Å². The van der Waals surface area contributed by atoms with E-state index in [0.29, 0.717) is 12.1 Å². The molecule has 1 amide bonds. The summed E-state index contributed by atoms with van der Waals surface area (Å²) in [6, 6.07) is 3.57. The number of rotatable bonds is 3. The van der Waals surface area contributed by atoms with Crippen molar-refractivity contribution in [3.8, 4) is 0 Å². The second kappa shape index (κ2) is 4.73. The molecule has 0 saturated heterocycles. The predicted molar refractivity (Wildman–Crippen MR) is 67.4 cm³/mol. The van der Waals surface area contributed by atoms with Crippen molar-refractivity contribution in [2.75, 3.05) is 5.73 Å². The fourth-order valence-corrected chi connectivity index (χ4v) is 2.37. The van der Waals surface area contributed by atoms with Gasteiger partial charge in [-0.3, -0.25) is 9.78 Å². The van der Waals surface area contributed by atoms with Gasteiger partial charge in [0.2, 0.25) is 5.91 Å². The van der Waals surface area contributed by atoms with Crippen molar-refractivity contribution < 1.29 is 4.79 Å². The molecule has 4 heteroatoms. The molecule has 1 saturated carbocycles. The highest BCUT2D eigenvalue weighted by molar-refractivity contribution is 5.79. The van der Waals surface area contributed by atoms with Gasteiger partial charge in [-0.1, -0.05) is 12.8 Å². The van der Waals surface area contributed by atoms with E-state index in [0.717, 1.165) is 18.5 Å². The number of aromatic nitrogens is 1. The summed E-state index contributed by atoms with van der Waals surface area (Å²) in [5.74, 6) is 0.0478. The van der Waals surface area contributed by atoms with Crippen LogP contribution in [-0.2, 0) is 11.2 Å². The molecule has 1 aliphatic rings. The number of hydrogen-bond acceptors (Lipinski definition) is 3. The number of amides is 1. The molecular formula is C13H19N3O. The third-order valence-electron chi connectivity index (χ3n) is 3.34. The third-order valence-corrected chi connectivity index (χ3v) is 3.34. The van der Waals surface area contributed by atoms with Crippen LogP contribution >= 0.6 is 0 Å². The fourth-order valence-electron chi connectivity index (χ4n) is 2.37. The van der Waals surface area contributed by atoms with Crippen molar-refractivity contribution >= 4 is 11.6 Å². The van der Waals surface area contributed by atoms with E-state index in [-0.39, 0.29) is 11.4 Å². The van der Waals surface area contributed by atoms with E-state index in [9.17, 15) is 4.79 Å². The zero-order valence-corrected chi connectivity index (χ0v) is 10.2. The quantitative estimate of drug-likeness (QED) is 0.834. The van der Waals surface area contributed by atoms with Gasteiger partial charge < -0.3 is 11.1 Å². The Balaban J connectivity index is 1.91. The van der Waals surface area contributed by atoms with Gasteiger partial charge in [0.05, 0.1) is 18.3 Å². The Hall–Kier alpha value is -1.58. The van der Waals surface area contributed by atoms with E-state index in [1.807, 2.05) is 0 Å². The largest absolute Gasteiger partial charge is 0.397 e. The van der Waals surface area contributed by atoms with Crippen LogP contribution in [0.15, 0.2) is 18.3 Å². The van der Waals surface area contributed by atoms with Crippen LogP contribution in [0.4, 0.5) is 5.69 Å². The Kier molecular flexibility index (Phi) is 3.31. The number of nitrogens with zero attached hydrogens (tertiary/aromatic N) is 1. The zero-order valence-electron chi connectivity index (χ0n) is 10.2. The van der Waals surface area contributed by atoms with E-state index in [4.69, 9.17) is 5.73 Å².